The number of aromatic nitrogens is 3. The number of benzene rings is 1. The van der Waals surface area contributed by atoms with Crippen LogP contribution < -0.4 is 10.6 Å². The van der Waals surface area contributed by atoms with Crippen LogP contribution in [0.25, 0.3) is 11.0 Å². The van der Waals surface area contributed by atoms with Crippen LogP contribution in [0, 0.1) is 6.92 Å². The minimum atomic E-state index is -0.303. The van der Waals surface area contributed by atoms with E-state index in [4.69, 9.17) is 0 Å². The molecule has 0 radical (unpaired) electrons. The maximum Gasteiger partial charge on any atom is 0.320 e. The van der Waals surface area contributed by atoms with Gasteiger partial charge in [-0.25, -0.2) is 14.8 Å². The number of rotatable bonds is 3. The van der Waals surface area contributed by atoms with E-state index in [1.165, 1.54) is 0 Å². The van der Waals surface area contributed by atoms with E-state index in [1.54, 1.807) is 18.3 Å². The number of nitrogens with one attached hydrogen (secondary N) is 2. The minimum absolute atomic E-state index is 0.303. The number of carbonyl (C=O) groups excluding carboxylic acids is 1. The Hall–Kier alpha value is -2.89. The van der Waals surface area contributed by atoms with Crippen LogP contribution in [-0.4, -0.2) is 20.6 Å². The number of para-hydroxylation sites is 1. The van der Waals surface area contributed by atoms with Crippen molar-refractivity contribution in [3.63, 3.8) is 0 Å². The summed E-state index contributed by atoms with van der Waals surface area (Å²) in [5, 5.41) is 5.47. The van der Waals surface area contributed by atoms with Gasteiger partial charge in [0.1, 0.15) is 11.6 Å². The second kappa shape index (κ2) is 5.85. The van der Waals surface area contributed by atoms with Gasteiger partial charge in [0, 0.05) is 13.2 Å². The molecule has 0 bridgehead atoms. The molecule has 3 aromatic rings. The number of fused-ring (bicyclic) bond motifs is 1. The average Bonchev–Trinajstić information content (AvgIpc) is 2.84. The quantitative estimate of drug-likeness (QED) is 0.780. The van der Waals surface area contributed by atoms with Gasteiger partial charge in [-0.2, -0.15) is 0 Å². The maximum atomic E-state index is 11.9. The lowest BCUT2D eigenvalue weighted by molar-refractivity contribution is 0.251. The molecule has 2 heterocycles. The molecule has 0 aliphatic heterocycles. The van der Waals surface area contributed by atoms with Crippen molar-refractivity contribution in [2.45, 2.75) is 13.5 Å². The molecule has 1 aromatic carbocycles. The number of hydrogen-bond acceptors (Lipinski definition) is 3. The second-order valence-electron chi connectivity index (χ2n) is 5.05. The van der Waals surface area contributed by atoms with Gasteiger partial charge >= 0.3 is 6.03 Å². The van der Waals surface area contributed by atoms with E-state index in [0.717, 1.165) is 22.4 Å². The SMILES string of the molecule is Cc1cccc2nc(CNC(=O)Nc3ccccn3)n(C)c12. The highest BCUT2D eigenvalue weighted by Crippen LogP contribution is 2.18. The lowest BCUT2D eigenvalue weighted by Crippen LogP contribution is -2.29. The summed E-state index contributed by atoms with van der Waals surface area (Å²) in [5.41, 5.74) is 3.19. The number of pyridine rings is 1. The largest absolute Gasteiger partial charge is 0.331 e. The molecule has 6 heteroatoms. The standard InChI is InChI=1S/C16H17N5O/c1-11-6-5-7-12-15(11)21(2)14(19-12)10-18-16(22)20-13-8-3-4-9-17-13/h3-9H,10H2,1-2H3,(H2,17,18,20,22). The molecule has 0 spiro atoms. The number of carbonyl (C=O) groups is 1. The van der Waals surface area contributed by atoms with Crippen molar-refractivity contribution in [3.05, 3.63) is 54.0 Å². The molecule has 112 valence electrons. The summed E-state index contributed by atoms with van der Waals surface area (Å²) in [7, 11) is 1.95. The molecular weight excluding hydrogens is 278 g/mol. The zero-order valence-electron chi connectivity index (χ0n) is 12.5. The minimum Gasteiger partial charge on any atom is -0.331 e. The molecule has 0 fully saturated rings. The van der Waals surface area contributed by atoms with E-state index in [1.807, 2.05) is 29.8 Å². The monoisotopic (exact) mass is 295 g/mol. The molecule has 0 unspecified atom stereocenters. The first kappa shape index (κ1) is 14.1. The molecule has 2 N–H and O–H groups in total. The Balaban J connectivity index is 1.70. The van der Waals surface area contributed by atoms with E-state index in [9.17, 15) is 4.79 Å². The van der Waals surface area contributed by atoms with Crippen molar-refractivity contribution >= 4 is 22.9 Å². The number of aryl methyl sites for hydroxylation is 2. The van der Waals surface area contributed by atoms with Gasteiger partial charge in [-0.3, -0.25) is 5.32 Å². The van der Waals surface area contributed by atoms with Crippen molar-refractivity contribution in [1.82, 2.24) is 19.9 Å². The van der Waals surface area contributed by atoms with Gasteiger partial charge in [0.05, 0.1) is 17.6 Å². The Morgan fingerprint density at radius 2 is 2.09 bits per heavy atom. The topological polar surface area (TPSA) is 71.8 Å². The number of amides is 2. The van der Waals surface area contributed by atoms with Gasteiger partial charge < -0.3 is 9.88 Å². The lowest BCUT2D eigenvalue weighted by atomic mass is 10.2. The van der Waals surface area contributed by atoms with Crippen molar-refractivity contribution < 1.29 is 4.79 Å². The first-order valence-electron chi connectivity index (χ1n) is 7.02. The lowest BCUT2D eigenvalue weighted by Gasteiger charge is -2.07. The summed E-state index contributed by atoms with van der Waals surface area (Å²) < 4.78 is 2.01. The highest BCUT2D eigenvalue weighted by atomic mass is 16.2. The maximum absolute atomic E-state index is 11.9. The number of hydrogen-bond donors (Lipinski definition) is 2. The Morgan fingerprint density at radius 1 is 1.23 bits per heavy atom. The van der Waals surface area contributed by atoms with Crippen LogP contribution in [-0.2, 0) is 13.6 Å². The highest BCUT2D eigenvalue weighted by molar-refractivity contribution is 5.88. The summed E-state index contributed by atoms with van der Waals surface area (Å²) in [5.74, 6) is 1.32. The molecule has 0 aliphatic rings. The van der Waals surface area contributed by atoms with E-state index >= 15 is 0 Å². The third-order valence-corrected chi connectivity index (χ3v) is 3.50. The second-order valence-corrected chi connectivity index (χ2v) is 5.05. The third-order valence-electron chi connectivity index (χ3n) is 3.50. The number of urea groups is 1. The van der Waals surface area contributed by atoms with Crippen LogP contribution in [0.2, 0.25) is 0 Å². The Kier molecular flexibility index (Phi) is 3.74. The molecule has 2 amide bonds. The van der Waals surface area contributed by atoms with E-state index in [-0.39, 0.29) is 6.03 Å². The van der Waals surface area contributed by atoms with Gasteiger partial charge in [-0.05, 0) is 30.7 Å². The summed E-state index contributed by atoms with van der Waals surface area (Å²) in [6.07, 6.45) is 1.63. The molecule has 22 heavy (non-hydrogen) atoms. The predicted octanol–water partition coefficient (Wildman–Crippen LogP) is 2.60. The van der Waals surface area contributed by atoms with Crippen LogP contribution >= 0.6 is 0 Å². The average molecular weight is 295 g/mol. The Labute approximate surface area is 128 Å². The molecule has 0 saturated carbocycles. The predicted molar refractivity (Wildman–Crippen MR) is 85.5 cm³/mol. The normalized spacial score (nSPS) is 10.6. The highest BCUT2D eigenvalue weighted by Gasteiger charge is 2.10. The third kappa shape index (κ3) is 2.76. The summed E-state index contributed by atoms with van der Waals surface area (Å²) in [4.78, 5) is 20.5. The van der Waals surface area contributed by atoms with Gasteiger partial charge in [-0.1, -0.05) is 18.2 Å². The summed E-state index contributed by atoms with van der Waals surface area (Å²) in [6, 6.07) is 11.0. The van der Waals surface area contributed by atoms with Crippen molar-refractivity contribution in [1.29, 1.82) is 0 Å². The molecular formula is C16H17N5O. The number of imidazole rings is 1. The van der Waals surface area contributed by atoms with Gasteiger partial charge in [-0.15, -0.1) is 0 Å². The molecule has 0 atom stereocenters. The van der Waals surface area contributed by atoms with Gasteiger partial charge in [0.2, 0.25) is 0 Å². The zero-order valence-corrected chi connectivity index (χ0v) is 12.5. The molecule has 0 saturated heterocycles. The Morgan fingerprint density at radius 3 is 2.82 bits per heavy atom. The van der Waals surface area contributed by atoms with E-state index in [0.29, 0.717) is 12.4 Å². The molecule has 2 aromatic heterocycles. The molecule has 6 nitrogen and oxygen atoms in total. The Bertz CT molecular complexity index is 810. The van der Waals surface area contributed by atoms with E-state index in [2.05, 4.69) is 33.6 Å². The first-order valence-corrected chi connectivity index (χ1v) is 7.02. The van der Waals surface area contributed by atoms with Crippen molar-refractivity contribution in [2.24, 2.45) is 7.05 Å². The summed E-state index contributed by atoms with van der Waals surface area (Å²) in [6.45, 7) is 2.40. The van der Waals surface area contributed by atoms with Gasteiger partial charge in [0.25, 0.3) is 0 Å². The number of anilines is 1. The van der Waals surface area contributed by atoms with Gasteiger partial charge in [0.15, 0.2) is 0 Å². The summed E-state index contributed by atoms with van der Waals surface area (Å²) >= 11 is 0. The fourth-order valence-electron chi connectivity index (χ4n) is 2.43. The number of nitrogens with zero attached hydrogens (tertiary/aromatic N) is 3. The van der Waals surface area contributed by atoms with Crippen LogP contribution in [0.15, 0.2) is 42.6 Å². The van der Waals surface area contributed by atoms with E-state index < -0.39 is 0 Å². The smallest absolute Gasteiger partial charge is 0.320 e. The van der Waals surface area contributed by atoms with Crippen molar-refractivity contribution in [2.75, 3.05) is 5.32 Å². The molecule has 0 aliphatic carbocycles. The van der Waals surface area contributed by atoms with Crippen LogP contribution in [0.5, 0.6) is 0 Å². The van der Waals surface area contributed by atoms with Crippen LogP contribution in [0.1, 0.15) is 11.4 Å². The van der Waals surface area contributed by atoms with Crippen LogP contribution in [0.3, 0.4) is 0 Å². The van der Waals surface area contributed by atoms with Crippen LogP contribution in [0.4, 0.5) is 10.6 Å². The fraction of sp³-hybridized carbons (Fsp3) is 0.188. The fourth-order valence-corrected chi connectivity index (χ4v) is 2.43. The molecule has 3 rings (SSSR count). The first-order chi connectivity index (χ1) is 10.6. The van der Waals surface area contributed by atoms with Crippen molar-refractivity contribution in [3.8, 4) is 0 Å². The zero-order chi connectivity index (χ0) is 15.5.